The average molecular weight is 919 g/mol. The lowest BCUT2D eigenvalue weighted by Crippen LogP contribution is -2.01. The Hall–Kier alpha value is -9.92. The first-order chi connectivity index (χ1) is 35.6. The van der Waals surface area contributed by atoms with Crippen LogP contribution in [0, 0.1) is 0 Å². The normalized spacial score (nSPS) is 11.6. The highest BCUT2D eigenvalue weighted by Gasteiger charge is 2.21. The molecule has 4 aromatic heterocycles. The van der Waals surface area contributed by atoms with Crippen LogP contribution in [0.4, 0.5) is 0 Å². The van der Waals surface area contributed by atoms with Crippen molar-refractivity contribution < 1.29 is 0 Å². The quantitative estimate of drug-likeness (QED) is 0.139. The summed E-state index contributed by atoms with van der Waals surface area (Å²) in [5.41, 5.74) is 9.65. The molecule has 0 saturated heterocycles. The van der Waals surface area contributed by atoms with E-state index in [2.05, 4.69) is 204 Å². The monoisotopic (exact) mass is 918 g/mol. The maximum Gasteiger partial charge on any atom is 0.164 e. The molecular weight excluding hydrogens is 881 g/mol. The Labute approximate surface area is 413 Å². The minimum Gasteiger partial charge on any atom is -0.264 e. The molecule has 0 spiro atoms. The second-order valence-corrected chi connectivity index (χ2v) is 18.0. The summed E-state index contributed by atoms with van der Waals surface area (Å²) in [6.07, 6.45) is 7.33. The van der Waals surface area contributed by atoms with E-state index in [1.807, 2.05) is 24.5 Å². The lowest BCUT2D eigenvalue weighted by atomic mass is 9.89. The van der Waals surface area contributed by atoms with Crippen molar-refractivity contribution in [2.45, 2.75) is 0 Å². The Kier molecular flexibility index (Phi) is 9.67. The molecule has 0 bridgehead atoms. The summed E-state index contributed by atoms with van der Waals surface area (Å²) in [6, 6.07) is 71.6. The van der Waals surface area contributed by atoms with Crippen LogP contribution in [0.1, 0.15) is 0 Å². The van der Waals surface area contributed by atoms with E-state index in [0.717, 1.165) is 109 Å². The number of benzene rings is 10. The molecule has 0 atom stereocenters. The molecule has 0 amide bonds. The van der Waals surface area contributed by atoms with Gasteiger partial charge in [0.25, 0.3) is 0 Å². The molecule has 8 nitrogen and oxygen atoms in total. The molecule has 0 aliphatic rings. The van der Waals surface area contributed by atoms with Crippen molar-refractivity contribution in [1.82, 2.24) is 39.9 Å². The number of hydrogen-bond donors (Lipinski definition) is 0. The Morgan fingerprint density at radius 3 is 0.986 bits per heavy atom. The van der Waals surface area contributed by atoms with Gasteiger partial charge in [0.1, 0.15) is 0 Å². The van der Waals surface area contributed by atoms with Crippen LogP contribution in [0.3, 0.4) is 0 Å². The van der Waals surface area contributed by atoms with Crippen LogP contribution in [0.2, 0.25) is 0 Å². The van der Waals surface area contributed by atoms with E-state index in [4.69, 9.17) is 29.9 Å². The SMILES string of the molecule is c1cncc(-c2ccc(-c3nc(-c4ccc5ccccc5c4)nc(-c4ccc5ccc6c(-c7nc(-c8ccc(-c9cccnc9)cc8)nc(-c8ccc9ccccc9c8)n7)ccc7ccc4c5c76)n3)cc2)c1. The standard InChI is InChI=1S/C64H38N8/c1-3-9-47-35-49(23-17-39(47)7-1)61-67-59(45-19-13-41(14-20-45)51-11-5-33-65-37-51)69-63(71-61)55-31-27-43-26-30-54-56(32-28-44-25-29-53(55)57(43)58(44)54)64-70-60(46-21-15-42(16-22-46)52-12-6-34-66-38-52)68-62(72-64)50-24-18-40-8-2-4-10-48(40)36-50/h1-38H. The van der Waals surface area contributed by atoms with Gasteiger partial charge >= 0.3 is 0 Å². The molecule has 0 aliphatic heterocycles. The van der Waals surface area contributed by atoms with Crippen molar-refractivity contribution in [1.29, 1.82) is 0 Å². The van der Waals surface area contributed by atoms with E-state index < -0.39 is 0 Å². The van der Waals surface area contributed by atoms with Crippen LogP contribution in [0.25, 0.3) is 144 Å². The topological polar surface area (TPSA) is 103 Å². The highest BCUT2D eigenvalue weighted by molar-refractivity contribution is 6.27. The third-order valence-corrected chi connectivity index (χ3v) is 13.7. The van der Waals surface area contributed by atoms with Crippen LogP contribution >= 0.6 is 0 Å². The number of rotatable bonds is 8. The Bertz CT molecular complexity index is 4090. The zero-order valence-electron chi connectivity index (χ0n) is 38.5. The van der Waals surface area contributed by atoms with Gasteiger partial charge < -0.3 is 0 Å². The second-order valence-electron chi connectivity index (χ2n) is 18.0. The summed E-state index contributed by atoms with van der Waals surface area (Å²) in [5, 5.41) is 11.1. The lowest BCUT2D eigenvalue weighted by Gasteiger charge is -2.17. The molecular formula is C64H38N8. The predicted molar refractivity (Wildman–Crippen MR) is 291 cm³/mol. The fourth-order valence-electron chi connectivity index (χ4n) is 10.0. The summed E-state index contributed by atoms with van der Waals surface area (Å²) in [6.45, 7) is 0. The molecule has 8 heteroatoms. The fourth-order valence-corrected chi connectivity index (χ4v) is 10.0. The summed E-state index contributed by atoms with van der Waals surface area (Å²) in [7, 11) is 0. The number of fused-ring (bicyclic) bond motifs is 2. The smallest absolute Gasteiger partial charge is 0.164 e. The van der Waals surface area contributed by atoms with E-state index >= 15 is 0 Å². The molecule has 14 rings (SSSR count). The zero-order chi connectivity index (χ0) is 47.5. The minimum atomic E-state index is 0.591. The van der Waals surface area contributed by atoms with Crippen molar-refractivity contribution in [3.05, 3.63) is 231 Å². The number of pyridine rings is 2. The number of aromatic nitrogens is 8. The molecule has 0 aliphatic carbocycles. The molecule has 334 valence electrons. The first-order valence-electron chi connectivity index (χ1n) is 23.9. The molecule has 72 heavy (non-hydrogen) atoms. The van der Waals surface area contributed by atoms with Crippen LogP contribution in [-0.4, -0.2) is 39.9 Å². The molecule has 10 aromatic carbocycles. The minimum absolute atomic E-state index is 0.591. The second kappa shape index (κ2) is 16.9. The molecule has 0 unspecified atom stereocenters. The number of hydrogen-bond acceptors (Lipinski definition) is 8. The van der Waals surface area contributed by atoms with E-state index in [0.29, 0.717) is 34.9 Å². The van der Waals surface area contributed by atoms with Crippen molar-refractivity contribution in [3.8, 4) is 90.6 Å². The summed E-state index contributed by atoms with van der Waals surface area (Å²) in [4.78, 5) is 40.1. The Morgan fingerprint density at radius 2 is 0.569 bits per heavy atom. The van der Waals surface area contributed by atoms with Crippen LogP contribution < -0.4 is 0 Å². The molecule has 0 radical (unpaired) electrons. The van der Waals surface area contributed by atoms with Gasteiger partial charge in [0.15, 0.2) is 34.9 Å². The van der Waals surface area contributed by atoms with Crippen LogP contribution in [0.5, 0.6) is 0 Å². The highest BCUT2D eigenvalue weighted by atomic mass is 15.0. The van der Waals surface area contributed by atoms with Gasteiger partial charge in [-0.1, -0.05) is 170 Å². The maximum absolute atomic E-state index is 5.28. The molecule has 0 saturated carbocycles. The van der Waals surface area contributed by atoms with Crippen LogP contribution in [0.15, 0.2) is 231 Å². The largest absolute Gasteiger partial charge is 0.264 e. The third kappa shape index (κ3) is 7.25. The van der Waals surface area contributed by atoms with E-state index in [1.165, 1.54) is 0 Å². The van der Waals surface area contributed by atoms with Crippen molar-refractivity contribution in [2.24, 2.45) is 0 Å². The van der Waals surface area contributed by atoms with Crippen LogP contribution in [-0.2, 0) is 0 Å². The molecule has 0 fully saturated rings. The third-order valence-electron chi connectivity index (χ3n) is 13.7. The first-order valence-corrected chi connectivity index (χ1v) is 23.9. The van der Waals surface area contributed by atoms with Gasteiger partial charge in [0.2, 0.25) is 0 Å². The van der Waals surface area contributed by atoms with E-state index in [-0.39, 0.29) is 0 Å². The Morgan fingerprint density at radius 1 is 0.222 bits per heavy atom. The fraction of sp³-hybridized carbons (Fsp3) is 0. The van der Waals surface area contributed by atoms with Gasteiger partial charge in [-0.25, -0.2) is 29.9 Å². The van der Waals surface area contributed by atoms with Gasteiger partial charge in [-0.15, -0.1) is 0 Å². The van der Waals surface area contributed by atoms with E-state index in [1.54, 1.807) is 12.4 Å². The van der Waals surface area contributed by atoms with E-state index in [9.17, 15) is 0 Å². The zero-order valence-corrected chi connectivity index (χ0v) is 38.5. The van der Waals surface area contributed by atoms with Crippen molar-refractivity contribution in [3.63, 3.8) is 0 Å². The Balaban J connectivity index is 0.937. The summed E-state index contributed by atoms with van der Waals surface area (Å²) >= 11 is 0. The van der Waals surface area contributed by atoms with Gasteiger partial charge in [-0.05, 0) is 113 Å². The lowest BCUT2D eigenvalue weighted by molar-refractivity contribution is 1.08. The summed E-state index contributed by atoms with van der Waals surface area (Å²) in [5.74, 6) is 3.57. The molecule has 4 heterocycles. The summed E-state index contributed by atoms with van der Waals surface area (Å²) < 4.78 is 0. The molecule has 0 N–H and O–H groups in total. The average Bonchev–Trinajstić information content (AvgIpc) is 3.46. The highest BCUT2D eigenvalue weighted by Crippen LogP contribution is 2.42. The van der Waals surface area contributed by atoms with Crippen molar-refractivity contribution in [2.75, 3.05) is 0 Å². The molecule has 14 aromatic rings. The number of nitrogens with zero attached hydrogens (tertiary/aromatic N) is 8. The predicted octanol–water partition coefficient (Wildman–Crippen LogP) is 15.4. The van der Waals surface area contributed by atoms with Gasteiger partial charge in [-0.3, -0.25) is 9.97 Å². The van der Waals surface area contributed by atoms with Crippen molar-refractivity contribution >= 4 is 53.9 Å². The van der Waals surface area contributed by atoms with Gasteiger partial charge in [-0.2, -0.15) is 0 Å². The van der Waals surface area contributed by atoms with Gasteiger partial charge in [0.05, 0.1) is 0 Å². The first kappa shape index (κ1) is 41.1. The maximum atomic E-state index is 5.28. The van der Waals surface area contributed by atoms with Gasteiger partial charge in [0, 0.05) is 58.2 Å².